The summed E-state index contributed by atoms with van der Waals surface area (Å²) in [6, 6.07) is 4.20. The van der Waals surface area contributed by atoms with Crippen LogP contribution < -0.4 is 5.43 Å². The van der Waals surface area contributed by atoms with E-state index in [1.807, 2.05) is 13.8 Å². The van der Waals surface area contributed by atoms with Gasteiger partial charge < -0.3 is 4.90 Å². The molecule has 0 fully saturated rings. The van der Waals surface area contributed by atoms with E-state index in [1.54, 1.807) is 13.1 Å². The van der Waals surface area contributed by atoms with Gasteiger partial charge >= 0.3 is 6.18 Å². The molecule has 1 aliphatic rings. The molecule has 4 nitrogen and oxygen atoms in total. The first-order chi connectivity index (χ1) is 10.2. The Morgan fingerprint density at radius 1 is 1.36 bits per heavy atom. The van der Waals surface area contributed by atoms with Crippen LogP contribution in [0.5, 0.6) is 0 Å². The first kappa shape index (κ1) is 16.3. The van der Waals surface area contributed by atoms with E-state index in [-0.39, 0.29) is 23.9 Å². The molecule has 0 radical (unpaired) electrons. The predicted octanol–water partition coefficient (Wildman–Crippen LogP) is 2.63. The third kappa shape index (κ3) is 3.58. The number of nitrogens with one attached hydrogen (secondary N) is 1. The lowest BCUT2D eigenvalue weighted by molar-refractivity contribution is -0.138. The maximum absolute atomic E-state index is 13.3. The highest BCUT2D eigenvalue weighted by molar-refractivity contribution is 6.02. The van der Waals surface area contributed by atoms with Gasteiger partial charge in [0.2, 0.25) is 0 Å². The highest BCUT2D eigenvalue weighted by Crippen LogP contribution is 2.34. The third-order valence-electron chi connectivity index (χ3n) is 3.33. The Kier molecular flexibility index (Phi) is 4.44. The minimum Gasteiger partial charge on any atom is -0.348 e. The summed E-state index contributed by atoms with van der Waals surface area (Å²) >= 11 is 0. The molecule has 1 aromatic carbocycles. The van der Waals surface area contributed by atoms with Crippen molar-refractivity contribution in [2.75, 3.05) is 13.6 Å². The average Bonchev–Trinajstić information content (AvgIpc) is 2.37. The predicted molar refractivity (Wildman–Crippen MR) is 77.3 cm³/mol. The van der Waals surface area contributed by atoms with Crippen LogP contribution in [-0.2, 0) is 17.4 Å². The van der Waals surface area contributed by atoms with Gasteiger partial charge in [0.15, 0.2) is 5.84 Å². The number of carbonyl (C=O) groups is 1. The zero-order chi connectivity index (χ0) is 16.5. The summed E-state index contributed by atoms with van der Waals surface area (Å²) in [6.07, 6.45) is -4.06. The fourth-order valence-electron chi connectivity index (χ4n) is 2.41. The van der Waals surface area contributed by atoms with Gasteiger partial charge in [-0.25, -0.2) is 5.43 Å². The average molecular weight is 313 g/mol. The van der Waals surface area contributed by atoms with E-state index in [4.69, 9.17) is 0 Å². The standard InChI is InChI=1S/C15H18F3N3O/c1-9(2)6-10-4-5-11(7-12(10)15(16,17)18)14-20-19-13(22)8-21(14)3/h4-5,7,9H,6,8H2,1-3H3,(H,19,22). The number of hydrazone groups is 1. The van der Waals surface area contributed by atoms with E-state index in [0.29, 0.717) is 17.8 Å². The first-order valence-corrected chi connectivity index (χ1v) is 6.96. The summed E-state index contributed by atoms with van der Waals surface area (Å²) in [5.41, 5.74) is 2.25. The Bertz CT molecular complexity index is 609. The molecule has 0 atom stereocenters. The monoisotopic (exact) mass is 313 g/mol. The molecule has 22 heavy (non-hydrogen) atoms. The van der Waals surface area contributed by atoms with Crippen molar-refractivity contribution < 1.29 is 18.0 Å². The topological polar surface area (TPSA) is 44.7 Å². The molecule has 1 aliphatic heterocycles. The molecule has 0 bridgehead atoms. The van der Waals surface area contributed by atoms with Crippen molar-refractivity contribution in [2.45, 2.75) is 26.4 Å². The van der Waals surface area contributed by atoms with Crippen LogP contribution >= 0.6 is 0 Å². The summed E-state index contributed by atoms with van der Waals surface area (Å²) in [6.45, 7) is 3.82. The number of rotatable bonds is 3. The van der Waals surface area contributed by atoms with Crippen molar-refractivity contribution in [1.29, 1.82) is 0 Å². The number of amidine groups is 1. The molecule has 0 saturated carbocycles. The molecule has 0 aliphatic carbocycles. The van der Waals surface area contributed by atoms with Crippen LogP contribution in [0.25, 0.3) is 0 Å². The minimum absolute atomic E-state index is 0.0634. The second kappa shape index (κ2) is 5.98. The van der Waals surface area contributed by atoms with Crippen LogP contribution in [0.2, 0.25) is 0 Å². The molecule has 1 amide bonds. The second-order valence-electron chi connectivity index (χ2n) is 5.79. The van der Waals surface area contributed by atoms with Crippen LogP contribution in [-0.4, -0.2) is 30.2 Å². The number of carbonyl (C=O) groups excluding carboxylic acids is 1. The van der Waals surface area contributed by atoms with Crippen LogP contribution in [0, 0.1) is 5.92 Å². The van der Waals surface area contributed by atoms with E-state index in [0.717, 1.165) is 6.07 Å². The Morgan fingerprint density at radius 3 is 2.59 bits per heavy atom. The lowest BCUT2D eigenvalue weighted by Crippen LogP contribution is -2.43. The Labute approximate surface area is 127 Å². The Balaban J connectivity index is 2.45. The fourth-order valence-corrected chi connectivity index (χ4v) is 2.41. The van der Waals surface area contributed by atoms with Gasteiger partial charge in [-0.3, -0.25) is 4.79 Å². The number of likely N-dealkylation sites (N-methyl/N-ethyl adjacent to an activating group) is 1. The van der Waals surface area contributed by atoms with Gasteiger partial charge in [0.1, 0.15) is 0 Å². The van der Waals surface area contributed by atoms with Crippen LogP contribution in [0.4, 0.5) is 13.2 Å². The van der Waals surface area contributed by atoms with E-state index < -0.39 is 11.7 Å². The van der Waals surface area contributed by atoms with Gasteiger partial charge in [0.05, 0.1) is 12.1 Å². The van der Waals surface area contributed by atoms with E-state index in [1.165, 1.54) is 11.0 Å². The number of hydrogen-bond acceptors (Lipinski definition) is 3. The van der Waals surface area contributed by atoms with E-state index in [9.17, 15) is 18.0 Å². The Hall–Kier alpha value is -2.05. The zero-order valence-corrected chi connectivity index (χ0v) is 12.7. The normalized spacial score (nSPS) is 15.9. The molecule has 120 valence electrons. The molecular formula is C15H18F3N3O. The quantitative estimate of drug-likeness (QED) is 0.932. The number of benzene rings is 1. The van der Waals surface area contributed by atoms with Crippen LogP contribution in [0.1, 0.15) is 30.5 Å². The minimum atomic E-state index is -4.42. The van der Waals surface area contributed by atoms with Crippen molar-refractivity contribution in [3.63, 3.8) is 0 Å². The lowest BCUT2D eigenvalue weighted by atomic mass is 9.95. The number of hydrogen-bond donors (Lipinski definition) is 1. The second-order valence-corrected chi connectivity index (χ2v) is 5.79. The van der Waals surface area contributed by atoms with Gasteiger partial charge in [0, 0.05) is 12.6 Å². The molecule has 0 spiro atoms. The molecular weight excluding hydrogens is 295 g/mol. The SMILES string of the molecule is CC(C)Cc1ccc(C2=NNC(=O)CN2C)cc1C(F)(F)F. The van der Waals surface area contributed by atoms with Crippen molar-refractivity contribution in [3.05, 3.63) is 34.9 Å². The molecule has 2 rings (SSSR count). The lowest BCUT2D eigenvalue weighted by Gasteiger charge is -2.25. The van der Waals surface area contributed by atoms with Crippen molar-refractivity contribution in [3.8, 4) is 0 Å². The maximum atomic E-state index is 13.3. The molecule has 1 aromatic rings. The molecule has 1 heterocycles. The van der Waals surface area contributed by atoms with E-state index >= 15 is 0 Å². The number of alkyl halides is 3. The first-order valence-electron chi connectivity index (χ1n) is 6.96. The largest absolute Gasteiger partial charge is 0.416 e. The Morgan fingerprint density at radius 2 is 2.05 bits per heavy atom. The maximum Gasteiger partial charge on any atom is 0.416 e. The van der Waals surface area contributed by atoms with Crippen molar-refractivity contribution >= 4 is 11.7 Å². The molecule has 0 unspecified atom stereocenters. The number of halogens is 3. The molecule has 7 heteroatoms. The fraction of sp³-hybridized carbons (Fsp3) is 0.467. The third-order valence-corrected chi connectivity index (χ3v) is 3.33. The summed E-state index contributed by atoms with van der Waals surface area (Å²) in [7, 11) is 1.62. The van der Waals surface area contributed by atoms with Crippen LogP contribution in [0.15, 0.2) is 23.3 Å². The zero-order valence-electron chi connectivity index (χ0n) is 12.7. The summed E-state index contributed by atoms with van der Waals surface area (Å²) in [4.78, 5) is 12.7. The van der Waals surface area contributed by atoms with Gasteiger partial charge in [-0.15, -0.1) is 0 Å². The summed E-state index contributed by atoms with van der Waals surface area (Å²) in [5, 5.41) is 3.85. The molecule has 1 N–H and O–H groups in total. The number of nitrogens with zero attached hydrogens (tertiary/aromatic N) is 2. The number of amides is 1. The molecule has 0 saturated heterocycles. The van der Waals surface area contributed by atoms with Gasteiger partial charge in [-0.05, 0) is 24.0 Å². The smallest absolute Gasteiger partial charge is 0.348 e. The van der Waals surface area contributed by atoms with Gasteiger partial charge in [0.25, 0.3) is 5.91 Å². The highest BCUT2D eigenvalue weighted by Gasteiger charge is 2.34. The summed E-state index contributed by atoms with van der Waals surface area (Å²) in [5.74, 6) is 0.154. The van der Waals surface area contributed by atoms with Crippen molar-refractivity contribution in [2.24, 2.45) is 11.0 Å². The van der Waals surface area contributed by atoms with Crippen molar-refractivity contribution in [1.82, 2.24) is 10.3 Å². The summed E-state index contributed by atoms with van der Waals surface area (Å²) < 4.78 is 39.8. The van der Waals surface area contributed by atoms with Crippen LogP contribution in [0.3, 0.4) is 0 Å². The molecule has 0 aromatic heterocycles. The van der Waals surface area contributed by atoms with Gasteiger partial charge in [-0.2, -0.15) is 18.3 Å². The highest BCUT2D eigenvalue weighted by atomic mass is 19.4. The van der Waals surface area contributed by atoms with E-state index in [2.05, 4.69) is 10.5 Å². The van der Waals surface area contributed by atoms with Gasteiger partial charge in [-0.1, -0.05) is 26.0 Å².